The first-order chi connectivity index (χ1) is 14.3. The molecule has 0 atom stereocenters. The van der Waals surface area contributed by atoms with Gasteiger partial charge in [0.15, 0.2) is 6.61 Å². The maximum Gasteiger partial charge on any atom is 0.338 e. The Morgan fingerprint density at radius 1 is 1.20 bits per heavy atom. The number of primary amides is 1. The minimum Gasteiger partial charge on any atom is -0.452 e. The van der Waals surface area contributed by atoms with Gasteiger partial charge >= 0.3 is 5.97 Å². The smallest absolute Gasteiger partial charge is 0.338 e. The normalized spacial score (nSPS) is 14.8. The number of nitrogens with zero attached hydrogens (tertiary/aromatic N) is 1. The monoisotopic (exact) mass is 453 g/mol. The van der Waals surface area contributed by atoms with E-state index in [9.17, 15) is 22.8 Å². The van der Waals surface area contributed by atoms with Gasteiger partial charge in [-0.05, 0) is 29.6 Å². The Balaban J connectivity index is 1.63. The third kappa shape index (κ3) is 5.02. The van der Waals surface area contributed by atoms with E-state index in [1.54, 1.807) is 5.38 Å². The number of hydrogen-bond acceptors (Lipinski definition) is 8. The number of nitrogens with one attached hydrogen (secondary N) is 1. The van der Waals surface area contributed by atoms with Crippen LogP contribution in [0.2, 0.25) is 0 Å². The predicted octanol–water partition coefficient (Wildman–Crippen LogP) is 0.663. The zero-order valence-electron chi connectivity index (χ0n) is 15.7. The molecule has 12 heteroatoms. The summed E-state index contributed by atoms with van der Waals surface area (Å²) >= 11 is 1.10. The van der Waals surface area contributed by atoms with Crippen molar-refractivity contribution in [2.24, 2.45) is 5.73 Å². The number of rotatable bonds is 7. The number of amides is 2. The molecule has 1 fully saturated rings. The van der Waals surface area contributed by atoms with Crippen LogP contribution in [-0.4, -0.2) is 63.4 Å². The summed E-state index contributed by atoms with van der Waals surface area (Å²) in [6.45, 7) is 0.450. The van der Waals surface area contributed by atoms with E-state index < -0.39 is 34.4 Å². The van der Waals surface area contributed by atoms with Crippen molar-refractivity contribution >= 4 is 44.1 Å². The molecule has 0 aliphatic carbocycles. The number of esters is 1. The van der Waals surface area contributed by atoms with Crippen LogP contribution in [0, 0.1) is 0 Å². The second-order valence-electron chi connectivity index (χ2n) is 6.20. The van der Waals surface area contributed by atoms with Crippen LogP contribution >= 0.6 is 11.3 Å². The van der Waals surface area contributed by atoms with Crippen LogP contribution < -0.4 is 11.1 Å². The highest BCUT2D eigenvalue weighted by Gasteiger charge is 2.27. The van der Waals surface area contributed by atoms with Crippen molar-refractivity contribution in [3.05, 3.63) is 46.8 Å². The molecule has 30 heavy (non-hydrogen) atoms. The molecule has 10 nitrogen and oxygen atoms in total. The first-order valence-corrected chi connectivity index (χ1v) is 11.1. The van der Waals surface area contributed by atoms with Gasteiger partial charge in [-0.25, -0.2) is 13.2 Å². The Labute approximate surface area is 176 Å². The van der Waals surface area contributed by atoms with Gasteiger partial charge in [0.2, 0.25) is 10.0 Å². The van der Waals surface area contributed by atoms with Crippen molar-refractivity contribution in [2.45, 2.75) is 4.90 Å². The van der Waals surface area contributed by atoms with Gasteiger partial charge in [-0.3, -0.25) is 9.59 Å². The maximum atomic E-state index is 12.7. The van der Waals surface area contributed by atoms with Crippen molar-refractivity contribution in [1.82, 2.24) is 4.31 Å². The van der Waals surface area contributed by atoms with E-state index in [4.69, 9.17) is 15.2 Å². The predicted molar refractivity (Wildman–Crippen MR) is 108 cm³/mol. The molecule has 1 saturated heterocycles. The second kappa shape index (κ2) is 9.34. The zero-order chi connectivity index (χ0) is 21.7. The van der Waals surface area contributed by atoms with Crippen molar-refractivity contribution in [3.8, 4) is 0 Å². The van der Waals surface area contributed by atoms with Crippen LogP contribution in [0.25, 0.3) is 0 Å². The van der Waals surface area contributed by atoms with Gasteiger partial charge in [0.05, 0.1) is 29.2 Å². The van der Waals surface area contributed by atoms with Crippen molar-refractivity contribution < 1.29 is 32.3 Å². The van der Waals surface area contributed by atoms with Crippen LogP contribution in [0.15, 0.2) is 40.6 Å². The molecule has 2 aromatic rings. The molecule has 1 aliphatic rings. The summed E-state index contributed by atoms with van der Waals surface area (Å²) in [4.78, 5) is 35.5. The fraction of sp³-hybridized carbons (Fsp3) is 0.278. The molecule has 0 unspecified atom stereocenters. The van der Waals surface area contributed by atoms with Gasteiger partial charge in [0.25, 0.3) is 11.8 Å². The highest BCUT2D eigenvalue weighted by molar-refractivity contribution is 7.89. The van der Waals surface area contributed by atoms with E-state index in [1.807, 2.05) is 0 Å². The van der Waals surface area contributed by atoms with E-state index in [0.717, 1.165) is 11.3 Å². The summed E-state index contributed by atoms with van der Waals surface area (Å²) in [5.41, 5.74) is 5.35. The minimum absolute atomic E-state index is 0.00826. The summed E-state index contributed by atoms with van der Waals surface area (Å²) in [6.07, 6.45) is 0. The molecule has 160 valence electrons. The molecule has 3 rings (SSSR count). The molecule has 1 aromatic carbocycles. The van der Waals surface area contributed by atoms with Gasteiger partial charge < -0.3 is 20.5 Å². The average Bonchev–Trinajstić information content (AvgIpc) is 3.21. The van der Waals surface area contributed by atoms with Crippen LogP contribution in [0.3, 0.4) is 0 Å². The topological polar surface area (TPSA) is 145 Å². The number of carbonyl (C=O) groups excluding carboxylic acids is 3. The Morgan fingerprint density at radius 2 is 1.93 bits per heavy atom. The van der Waals surface area contributed by atoms with Crippen molar-refractivity contribution in [1.29, 1.82) is 0 Å². The number of benzene rings is 1. The summed E-state index contributed by atoms with van der Waals surface area (Å²) in [5, 5.41) is 4.28. The number of ether oxygens (including phenoxy) is 2. The highest BCUT2D eigenvalue weighted by Crippen LogP contribution is 2.22. The molecule has 2 heterocycles. The minimum atomic E-state index is -3.77. The summed E-state index contributed by atoms with van der Waals surface area (Å²) < 4.78 is 36.8. The first-order valence-electron chi connectivity index (χ1n) is 8.81. The van der Waals surface area contributed by atoms with Crippen LogP contribution in [-0.2, 0) is 24.3 Å². The summed E-state index contributed by atoms with van der Waals surface area (Å²) in [5.74, 6) is -2.21. The van der Waals surface area contributed by atoms with Gasteiger partial charge in [-0.15, -0.1) is 11.3 Å². The quantitative estimate of drug-likeness (QED) is 0.586. The molecule has 1 aliphatic heterocycles. The molecular formula is C18H19N3O7S2. The SMILES string of the molecule is NC(=O)c1ccsc1NC(=O)COC(=O)c1cccc(S(=O)(=O)N2CCOCC2)c1. The van der Waals surface area contributed by atoms with Crippen molar-refractivity contribution in [3.63, 3.8) is 0 Å². The lowest BCUT2D eigenvalue weighted by molar-refractivity contribution is -0.119. The molecule has 0 spiro atoms. The first kappa shape index (κ1) is 21.9. The average molecular weight is 453 g/mol. The third-order valence-electron chi connectivity index (χ3n) is 4.20. The van der Waals surface area contributed by atoms with Gasteiger partial charge in [-0.2, -0.15) is 4.31 Å². The number of nitrogens with two attached hydrogens (primary N) is 1. The number of anilines is 1. The number of sulfonamides is 1. The molecular weight excluding hydrogens is 434 g/mol. The van der Waals surface area contributed by atoms with E-state index in [2.05, 4.69) is 5.32 Å². The van der Waals surface area contributed by atoms with Gasteiger partial charge in [0, 0.05) is 13.1 Å². The van der Waals surface area contributed by atoms with Gasteiger partial charge in [0.1, 0.15) is 5.00 Å². The van der Waals surface area contributed by atoms with Crippen molar-refractivity contribution in [2.75, 3.05) is 38.2 Å². The van der Waals surface area contributed by atoms with Crippen LogP contribution in [0.4, 0.5) is 5.00 Å². The van der Waals surface area contributed by atoms with E-state index in [-0.39, 0.29) is 34.1 Å². The molecule has 0 radical (unpaired) electrons. The molecule has 0 saturated carbocycles. The molecule has 0 bridgehead atoms. The Kier molecular flexibility index (Phi) is 6.82. The number of carbonyl (C=O) groups is 3. The lowest BCUT2D eigenvalue weighted by atomic mass is 10.2. The largest absolute Gasteiger partial charge is 0.452 e. The molecule has 2 amide bonds. The fourth-order valence-corrected chi connectivity index (χ4v) is 4.96. The Hall–Kier alpha value is -2.80. The third-order valence-corrected chi connectivity index (χ3v) is 6.92. The Bertz CT molecular complexity index is 1060. The molecule has 3 N–H and O–H groups in total. The highest BCUT2D eigenvalue weighted by atomic mass is 32.2. The van der Waals surface area contributed by atoms with Gasteiger partial charge in [-0.1, -0.05) is 6.07 Å². The van der Waals surface area contributed by atoms with Crippen LogP contribution in [0.5, 0.6) is 0 Å². The van der Waals surface area contributed by atoms with E-state index in [1.165, 1.54) is 34.6 Å². The lowest BCUT2D eigenvalue weighted by Crippen LogP contribution is -2.40. The zero-order valence-corrected chi connectivity index (χ0v) is 17.3. The number of morpholine rings is 1. The standard InChI is InChI=1S/C18H19N3O7S2/c19-16(23)14-4-9-29-17(14)20-15(22)11-28-18(24)12-2-1-3-13(10-12)30(25,26)21-5-7-27-8-6-21/h1-4,9-10H,5-8,11H2,(H2,19,23)(H,20,22). The maximum absolute atomic E-state index is 12.7. The summed E-state index contributed by atoms with van der Waals surface area (Å²) in [6, 6.07) is 6.87. The van der Waals surface area contributed by atoms with E-state index >= 15 is 0 Å². The summed E-state index contributed by atoms with van der Waals surface area (Å²) in [7, 11) is -3.77. The molecule has 1 aromatic heterocycles. The lowest BCUT2D eigenvalue weighted by Gasteiger charge is -2.26. The second-order valence-corrected chi connectivity index (χ2v) is 9.05. The Morgan fingerprint density at radius 3 is 2.63 bits per heavy atom. The number of hydrogen-bond donors (Lipinski definition) is 2. The number of thiophene rings is 1. The van der Waals surface area contributed by atoms with E-state index in [0.29, 0.717) is 13.2 Å². The fourth-order valence-electron chi connectivity index (χ4n) is 2.70. The van der Waals surface area contributed by atoms with Crippen LogP contribution in [0.1, 0.15) is 20.7 Å².